The number of anilines is 1. The van der Waals surface area contributed by atoms with Crippen molar-refractivity contribution in [3.05, 3.63) is 39.9 Å². The first kappa shape index (κ1) is 16.3. The Morgan fingerprint density at radius 2 is 2.32 bits per heavy atom. The predicted molar refractivity (Wildman–Crippen MR) is 83.1 cm³/mol. The molecule has 0 saturated carbocycles. The lowest BCUT2D eigenvalue weighted by atomic mass is 10.2. The number of benzene rings is 1. The molecule has 0 atom stereocenters. The molecule has 1 aromatic heterocycles. The van der Waals surface area contributed by atoms with Gasteiger partial charge in [0.2, 0.25) is 5.13 Å². The molecule has 22 heavy (non-hydrogen) atoms. The topological polar surface area (TPSA) is 107 Å². The zero-order valence-corrected chi connectivity index (χ0v) is 13.1. The fraction of sp³-hybridized carbons (Fsp3) is 0.250. The van der Waals surface area contributed by atoms with Gasteiger partial charge in [-0.05, 0) is 5.56 Å². The van der Waals surface area contributed by atoms with Gasteiger partial charge in [0.25, 0.3) is 11.6 Å². The predicted octanol–water partition coefficient (Wildman–Crippen LogP) is 2.32. The second-order valence-corrected chi connectivity index (χ2v) is 6.27. The molecule has 2 rings (SSSR count). The molecule has 0 aliphatic carbocycles. The van der Waals surface area contributed by atoms with Gasteiger partial charge in [0.05, 0.1) is 4.92 Å². The fourth-order valence-electron chi connectivity index (χ4n) is 1.51. The van der Waals surface area contributed by atoms with E-state index in [1.54, 1.807) is 6.07 Å². The summed E-state index contributed by atoms with van der Waals surface area (Å²) in [6.45, 7) is -0.0459. The van der Waals surface area contributed by atoms with Gasteiger partial charge in [-0.3, -0.25) is 20.2 Å². The van der Waals surface area contributed by atoms with Gasteiger partial charge < -0.3 is 4.74 Å². The number of nitro groups is 1. The third-order valence-electron chi connectivity index (χ3n) is 2.41. The summed E-state index contributed by atoms with van der Waals surface area (Å²) in [5, 5.41) is 21.5. The quantitative estimate of drug-likeness (QED) is 0.357. The van der Waals surface area contributed by atoms with Crippen LogP contribution in [-0.2, 0) is 15.3 Å². The van der Waals surface area contributed by atoms with E-state index in [1.165, 1.54) is 42.3 Å². The van der Waals surface area contributed by atoms with Crippen molar-refractivity contribution in [3.8, 4) is 0 Å². The molecule has 8 nitrogen and oxygen atoms in total. The van der Waals surface area contributed by atoms with Crippen LogP contribution >= 0.6 is 23.1 Å². The normalized spacial score (nSPS) is 10.4. The smallest absolute Gasteiger partial charge is 0.269 e. The van der Waals surface area contributed by atoms with Crippen LogP contribution in [0.3, 0.4) is 0 Å². The molecular weight excluding hydrogens is 328 g/mol. The van der Waals surface area contributed by atoms with Gasteiger partial charge in [-0.1, -0.05) is 35.2 Å². The van der Waals surface area contributed by atoms with Gasteiger partial charge >= 0.3 is 0 Å². The van der Waals surface area contributed by atoms with E-state index in [1.807, 2.05) is 6.07 Å². The minimum absolute atomic E-state index is 0.0459. The molecule has 0 aliphatic rings. The number of nitrogens with zero attached hydrogens (tertiary/aromatic N) is 3. The number of aromatic nitrogens is 2. The highest BCUT2D eigenvalue weighted by Crippen LogP contribution is 2.29. The standard InChI is InChI=1S/C12H12N4O4S2/c1-20-6-10(17)13-11-14-15-12(22-11)21-7-8-3-2-4-9(5-8)16(18)19/h2-5H,6-7H2,1H3,(H,13,14,17). The number of carbonyl (C=O) groups is 1. The van der Waals surface area contributed by atoms with Gasteiger partial charge in [0, 0.05) is 25.0 Å². The van der Waals surface area contributed by atoms with Crippen LogP contribution in [0.4, 0.5) is 10.8 Å². The molecule has 0 aliphatic heterocycles. The number of nitro benzene ring substituents is 1. The summed E-state index contributed by atoms with van der Waals surface area (Å²) in [6.07, 6.45) is 0. The largest absolute Gasteiger partial charge is 0.375 e. The first-order chi connectivity index (χ1) is 10.6. The van der Waals surface area contributed by atoms with Crippen molar-refractivity contribution < 1.29 is 14.5 Å². The molecule has 0 saturated heterocycles. The van der Waals surface area contributed by atoms with Crippen LogP contribution in [0.25, 0.3) is 0 Å². The third-order valence-corrected chi connectivity index (χ3v) is 4.46. The van der Waals surface area contributed by atoms with Crippen LogP contribution in [0.15, 0.2) is 28.6 Å². The molecular formula is C12H12N4O4S2. The number of nitrogens with one attached hydrogen (secondary N) is 1. The fourth-order valence-corrected chi connectivity index (χ4v) is 3.22. The van der Waals surface area contributed by atoms with Crippen LogP contribution in [-0.4, -0.2) is 34.7 Å². The number of ether oxygens (including phenoxy) is 1. The van der Waals surface area contributed by atoms with E-state index >= 15 is 0 Å². The highest BCUT2D eigenvalue weighted by molar-refractivity contribution is 8.00. The highest BCUT2D eigenvalue weighted by Gasteiger charge is 2.10. The molecule has 10 heteroatoms. The number of hydrogen-bond donors (Lipinski definition) is 1. The number of non-ortho nitro benzene ring substituents is 1. The molecule has 1 heterocycles. The van der Waals surface area contributed by atoms with Gasteiger partial charge in [-0.15, -0.1) is 10.2 Å². The lowest BCUT2D eigenvalue weighted by molar-refractivity contribution is -0.384. The molecule has 1 N–H and O–H groups in total. The Morgan fingerprint density at radius 3 is 3.05 bits per heavy atom. The molecule has 1 amide bonds. The van der Waals surface area contributed by atoms with Crippen LogP contribution in [0, 0.1) is 10.1 Å². The van der Waals surface area contributed by atoms with Crippen molar-refractivity contribution in [1.29, 1.82) is 0 Å². The second-order valence-electron chi connectivity index (χ2n) is 4.07. The lowest BCUT2D eigenvalue weighted by Gasteiger charge is -1.99. The minimum Gasteiger partial charge on any atom is -0.375 e. The van der Waals surface area contributed by atoms with E-state index in [0.717, 1.165) is 5.56 Å². The minimum atomic E-state index is -0.428. The summed E-state index contributed by atoms with van der Waals surface area (Å²) >= 11 is 2.63. The summed E-state index contributed by atoms with van der Waals surface area (Å²) in [7, 11) is 1.43. The SMILES string of the molecule is COCC(=O)Nc1nnc(SCc2cccc([N+](=O)[O-])c2)s1. The zero-order chi connectivity index (χ0) is 15.9. The number of rotatable bonds is 7. The summed E-state index contributed by atoms with van der Waals surface area (Å²) in [6, 6.07) is 6.42. The number of amides is 1. The first-order valence-electron chi connectivity index (χ1n) is 6.07. The van der Waals surface area contributed by atoms with Gasteiger partial charge in [-0.2, -0.15) is 0 Å². The summed E-state index contributed by atoms with van der Waals surface area (Å²) in [4.78, 5) is 21.6. The Bertz CT molecular complexity index is 677. The summed E-state index contributed by atoms with van der Waals surface area (Å²) < 4.78 is 5.37. The molecule has 0 fully saturated rings. The Kier molecular flexibility index (Phi) is 5.81. The Morgan fingerprint density at radius 1 is 1.50 bits per heavy atom. The number of hydrogen-bond acceptors (Lipinski definition) is 8. The maximum absolute atomic E-state index is 11.3. The second kappa shape index (κ2) is 7.82. The number of thioether (sulfide) groups is 1. The Balaban J connectivity index is 1.92. The van der Waals surface area contributed by atoms with E-state index < -0.39 is 4.92 Å². The van der Waals surface area contributed by atoms with Crippen LogP contribution in [0.1, 0.15) is 5.56 Å². The molecule has 0 spiro atoms. The van der Waals surface area contributed by atoms with E-state index in [0.29, 0.717) is 15.2 Å². The number of carbonyl (C=O) groups excluding carboxylic acids is 1. The Hall–Kier alpha value is -2.04. The molecule has 0 unspecified atom stereocenters. The average molecular weight is 340 g/mol. The first-order valence-corrected chi connectivity index (χ1v) is 7.87. The molecule has 0 radical (unpaired) electrons. The molecule has 116 valence electrons. The van der Waals surface area contributed by atoms with Gasteiger partial charge in [-0.25, -0.2) is 0 Å². The van der Waals surface area contributed by atoms with Crippen molar-refractivity contribution in [2.24, 2.45) is 0 Å². The zero-order valence-electron chi connectivity index (χ0n) is 11.5. The maximum Gasteiger partial charge on any atom is 0.269 e. The molecule has 1 aromatic carbocycles. The van der Waals surface area contributed by atoms with Crippen molar-refractivity contribution in [2.75, 3.05) is 19.0 Å². The van der Waals surface area contributed by atoms with E-state index in [-0.39, 0.29) is 18.2 Å². The lowest BCUT2D eigenvalue weighted by Crippen LogP contribution is -2.16. The van der Waals surface area contributed by atoms with Gasteiger partial charge in [0.15, 0.2) is 4.34 Å². The van der Waals surface area contributed by atoms with Crippen molar-refractivity contribution >= 4 is 39.8 Å². The van der Waals surface area contributed by atoms with Crippen LogP contribution < -0.4 is 5.32 Å². The highest BCUT2D eigenvalue weighted by atomic mass is 32.2. The molecule has 2 aromatic rings. The summed E-state index contributed by atoms with van der Waals surface area (Å²) in [5.74, 6) is 0.233. The van der Waals surface area contributed by atoms with E-state index in [9.17, 15) is 14.9 Å². The van der Waals surface area contributed by atoms with Crippen molar-refractivity contribution in [1.82, 2.24) is 10.2 Å². The van der Waals surface area contributed by atoms with E-state index in [4.69, 9.17) is 4.74 Å². The average Bonchev–Trinajstić information content (AvgIpc) is 2.93. The van der Waals surface area contributed by atoms with E-state index in [2.05, 4.69) is 15.5 Å². The number of methoxy groups -OCH3 is 1. The summed E-state index contributed by atoms with van der Waals surface area (Å²) in [5.41, 5.74) is 0.877. The van der Waals surface area contributed by atoms with Crippen molar-refractivity contribution in [3.63, 3.8) is 0 Å². The van der Waals surface area contributed by atoms with Gasteiger partial charge in [0.1, 0.15) is 6.61 Å². The monoisotopic (exact) mass is 340 g/mol. The Labute approximate surface area is 134 Å². The van der Waals surface area contributed by atoms with Crippen LogP contribution in [0.2, 0.25) is 0 Å². The maximum atomic E-state index is 11.3. The third kappa shape index (κ3) is 4.76. The van der Waals surface area contributed by atoms with Crippen LogP contribution in [0.5, 0.6) is 0 Å². The van der Waals surface area contributed by atoms with Crippen molar-refractivity contribution in [2.45, 2.75) is 10.1 Å². The molecule has 0 bridgehead atoms.